The van der Waals surface area contributed by atoms with Crippen molar-refractivity contribution in [1.82, 2.24) is 15.2 Å². The number of carbonyl (C=O) groups is 1. The first-order chi connectivity index (χ1) is 11.6. The van der Waals surface area contributed by atoms with Crippen LogP contribution in [0.5, 0.6) is 5.75 Å². The van der Waals surface area contributed by atoms with E-state index in [0.29, 0.717) is 28.2 Å². The summed E-state index contributed by atoms with van der Waals surface area (Å²) in [5.41, 5.74) is 3.74. The van der Waals surface area contributed by atoms with Gasteiger partial charge in [-0.1, -0.05) is 30.9 Å². The van der Waals surface area contributed by atoms with Gasteiger partial charge in [-0.25, -0.2) is 4.79 Å². The number of carbonyl (C=O) groups excluding carboxylic acids is 1. The highest BCUT2D eigenvalue weighted by Crippen LogP contribution is 2.32. The molecule has 0 aliphatic carbocycles. The summed E-state index contributed by atoms with van der Waals surface area (Å²) in [5, 5.41) is 17.1. The zero-order chi connectivity index (χ0) is 17.1. The Hall–Kier alpha value is -3.41. The van der Waals surface area contributed by atoms with Gasteiger partial charge in [0.25, 0.3) is 0 Å². The molecule has 0 fully saturated rings. The highest BCUT2D eigenvalue weighted by Gasteiger charge is 2.13. The maximum absolute atomic E-state index is 11.5. The number of hydrogen-bond acceptors (Lipinski definition) is 5. The molecule has 2 aromatic carbocycles. The van der Waals surface area contributed by atoms with Gasteiger partial charge in [0, 0.05) is 11.6 Å². The number of rotatable bonds is 5. The minimum Gasteiger partial charge on any atom is -0.423 e. The molecule has 0 atom stereocenters. The van der Waals surface area contributed by atoms with Crippen molar-refractivity contribution >= 4 is 17.0 Å². The third-order valence-corrected chi connectivity index (χ3v) is 3.54. The Bertz CT molecular complexity index is 944. The lowest BCUT2D eigenvalue weighted by atomic mass is 9.96. The molecule has 3 aromatic rings. The summed E-state index contributed by atoms with van der Waals surface area (Å²) in [6.45, 7) is 7.18. The number of hydrogen-bond donors (Lipinski definition) is 1. The highest BCUT2D eigenvalue weighted by molar-refractivity contribution is 5.85. The van der Waals surface area contributed by atoms with Crippen molar-refractivity contribution in [3.63, 3.8) is 0 Å². The number of nitrogens with zero attached hydrogens (tertiary/aromatic N) is 3. The first kappa shape index (κ1) is 15.5. The lowest BCUT2D eigenvalue weighted by Crippen LogP contribution is -2.06. The van der Waals surface area contributed by atoms with Crippen molar-refractivity contribution in [3.8, 4) is 16.9 Å². The summed E-state index contributed by atoms with van der Waals surface area (Å²) < 4.78 is 5.32. The van der Waals surface area contributed by atoms with Gasteiger partial charge in [-0.2, -0.15) is 0 Å². The number of aromatic nitrogens is 3. The van der Waals surface area contributed by atoms with E-state index in [-0.39, 0.29) is 0 Å². The highest BCUT2D eigenvalue weighted by atomic mass is 16.5. The molecule has 0 bridgehead atoms. The van der Waals surface area contributed by atoms with Crippen molar-refractivity contribution in [2.24, 2.45) is 0 Å². The second kappa shape index (κ2) is 6.37. The van der Waals surface area contributed by atoms with Gasteiger partial charge in [0.15, 0.2) is 0 Å². The van der Waals surface area contributed by atoms with Crippen LogP contribution in [-0.2, 0) is 11.2 Å². The summed E-state index contributed by atoms with van der Waals surface area (Å²) in [7, 11) is 0. The van der Waals surface area contributed by atoms with E-state index in [2.05, 4.69) is 23.4 Å². The Morgan fingerprint density at radius 2 is 2.00 bits per heavy atom. The molecule has 3 rings (SSSR count). The Labute approximate surface area is 138 Å². The molecular formula is C18H15N3O3. The summed E-state index contributed by atoms with van der Waals surface area (Å²) >= 11 is 0. The van der Waals surface area contributed by atoms with E-state index < -0.39 is 5.97 Å². The molecule has 6 heteroatoms. The zero-order valence-corrected chi connectivity index (χ0v) is 12.8. The summed E-state index contributed by atoms with van der Waals surface area (Å²) in [6.07, 6.45) is 3.39. The zero-order valence-electron chi connectivity index (χ0n) is 12.8. The SMILES string of the molecule is C=CCc1c(OC(=O)C=C)cccc1-c1ccc2nn(O)nc2c1. The molecule has 6 nitrogen and oxygen atoms in total. The Balaban J connectivity index is 2.13. The Morgan fingerprint density at radius 1 is 1.21 bits per heavy atom. The van der Waals surface area contributed by atoms with Gasteiger partial charge in [0.05, 0.1) is 0 Å². The van der Waals surface area contributed by atoms with Crippen LogP contribution in [0.4, 0.5) is 0 Å². The summed E-state index contributed by atoms with van der Waals surface area (Å²) in [6, 6.07) is 10.9. The second-order valence-corrected chi connectivity index (χ2v) is 5.07. The van der Waals surface area contributed by atoms with Crippen LogP contribution in [0.15, 0.2) is 61.7 Å². The van der Waals surface area contributed by atoms with Gasteiger partial charge in [-0.15, -0.1) is 16.8 Å². The van der Waals surface area contributed by atoms with Crippen LogP contribution in [0.1, 0.15) is 5.56 Å². The summed E-state index contributed by atoms with van der Waals surface area (Å²) in [4.78, 5) is 12.1. The molecule has 1 N–H and O–H groups in total. The molecule has 0 aliphatic rings. The van der Waals surface area contributed by atoms with Crippen LogP contribution in [0, 0.1) is 0 Å². The fraction of sp³-hybridized carbons (Fsp3) is 0.0556. The van der Waals surface area contributed by atoms with Gasteiger partial charge >= 0.3 is 5.97 Å². The lowest BCUT2D eigenvalue weighted by molar-refractivity contribution is -0.129. The smallest absolute Gasteiger partial charge is 0.335 e. The fourth-order valence-electron chi connectivity index (χ4n) is 2.51. The third kappa shape index (κ3) is 2.89. The molecule has 0 amide bonds. The summed E-state index contributed by atoms with van der Waals surface area (Å²) in [5.74, 6) is -0.0562. The van der Waals surface area contributed by atoms with Crippen LogP contribution in [0.25, 0.3) is 22.2 Å². The van der Waals surface area contributed by atoms with Crippen molar-refractivity contribution in [2.45, 2.75) is 6.42 Å². The van der Waals surface area contributed by atoms with Crippen molar-refractivity contribution in [2.75, 3.05) is 0 Å². The van der Waals surface area contributed by atoms with E-state index in [1.807, 2.05) is 18.2 Å². The average Bonchev–Trinajstić information content (AvgIpc) is 2.95. The molecular weight excluding hydrogens is 306 g/mol. The largest absolute Gasteiger partial charge is 0.423 e. The standard InChI is InChI=1S/C18H15N3O3/c1-3-6-14-13(7-5-8-17(14)24-18(22)4-2)12-9-10-15-16(11-12)20-21(23)19-15/h3-5,7-11,23H,1-2,6H2. The second-order valence-electron chi connectivity index (χ2n) is 5.07. The molecule has 0 saturated carbocycles. The van der Waals surface area contributed by atoms with E-state index in [1.165, 1.54) is 0 Å². The quantitative estimate of drug-likeness (QED) is 0.257. The fourth-order valence-corrected chi connectivity index (χ4v) is 2.51. The maximum atomic E-state index is 11.5. The van der Waals surface area contributed by atoms with E-state index in [4.69, 9.17) is 4.74 Å². The lowest BCUT2D eigenvalue weighted by Gasteiger charge is -2.13. The number of esters is 1. The number of benzene rings is 2. The first-order valence-corrected chi connectivity index (χ1v) is 7.26. The molecule has 0 spiro atoms. The number of fused-ring (bicyclic) bond motifs is 1. The van der Waals surface area contributed by atoms with Crippen LogP contribution in [-0.4, -0.2) is 26.3 Å². The van der Waals surface area contributed by atoms with Crippen LogP contribution in [0.2, 0.25) is 0 Å². The molecule has 0 aliphatic heterocycles. The third-order valence-electron chi connectivity index (χ3n) is 3.54. The van der Waals surface area contributed by atoms with E-state index in [0.717, 1.165) is 22.8 Å². The minimum atomic E-state index is -0.517. The molecule has 0 radical (unpaired) electrons. The van der Waals surface area contributed by atoms with Crippen molar-refractivity contribution in [3.05, 3.63) is 67.3 Å². The minimum absolute atomic E-state index is 0.461. The topological polar surface area (TPSA) is 77.2 Å². The van der Waals surface area contributed by atoms with E-state index in [1.54, 1.807) is 24.3 Å². The predicted octanol–water partition coefficient (Wildman–Crippen LogP) is 3.16. The van der Waals surface area contributed by atoms with Gasteiger partial charge in [0.2, 0.25) is 0 Å². The Kier molecular flexibility index (Phi) is 4.11. The van der Waals surface area contributed by atoms with Crippen LogP contribution < -0.4 is 4.74 Å². The van der Waals surface area contributed by atoms with Gasteiger partial charge in [-0.3, -0.25) is 0 Å². The average molecular weight is 321 g/mol. The van der Waals surface area contributed by atoms with Crippen molar-refractivity contribution < 1.29 is 14.7 Å². The number of allylic oxidation sites excluding steroid dienone is 1. The first-order valence-electron chi connectivity index (χ1n) is 7.26. The monoisotopic (exact) mass is 321 g/mol. The van der Waals surface area contributed by atoms with Crippen LogP contribution in [0.3, 0.4) is 0 Å². The molecule has 24 heavy (non-hydrogen) atoms. The van der Waals surface area contributed by atoms with E-state index >= 15 is 0 Å². The van der Waals surface area contributed by atoms with Crippen molar-refractivity contribution in [1.29, 1.82) is 0 Å². The van der Waals surface area contributed by atoms with Gasteiger partial charge in [-0.05, 0) is 40.7 Å². The number of ether oxygens (including phenoxy) is 1. The molecule has 0 saturated heterocycles. The van der Waals surface area contributed by atoms with E-state index in [9.17, 15) is 10.0 Å². The molecule has 1 aromatic heterocycles. The molecule has 120 valence electrons. The molecule has 1 heterocycles. The maximum Gasteiger partial charge on any atom is 0.335 e. The van der Waals surface area contributed by atoms with Gasteiger partial charge in [0.1, 0.15) is 16.8 Å². The van der Waals surface area contributed by atoms with Crippen LogP contribution >= 0.6 is 0 Å². The predicted molar refractivity (Wildman–Crippen MR) is 89.9 cm³/mol. The molecule has 0 unspecified atom stereocenters. The Morgan fingerprint density at radius 3 is 2.75 bits per heavy atom. The normalized spacial score (nSPS) is 10.5. The van der Waals surface area contributed by atoms with Gasteiger partial charge < -0.3 is 9.94 Å².